The Balaban J connectivity index is 2.36. The van der Waals surface area contributed by atoms with Gasteiger partial charge in [0.05, 0.1) is 18.2 Å². The van der Waals surface area contributed by atoms with E-state index in [-0.39, 0.29) is 24.2 Å². The van der Waals surface area contributed by atoms with Gasteiger partial charge >= 0.3 is 0 Å². The minimum Gasteiger partial charge on any atom is -0.377 e. The van der Waals surface area contributed by atoms with E-state index in [4.69, 9.17) is 15.2 Å². The lowest BCUT2D eigenvalue weighted by atomic mass is 10.2. The van der Waals surface area contributed by atoms with Gasteiger partial charge in [-0.05, 0) is 13.5 Å². The van der Waals surface area contributed by atoms with Crippen LogP contribution in [0.4, 0.5) is 0 Å². The van der Waals surface area contributed by atoms with E-state index in [1.165, 1.54) is 0 Å². The van der Waals surface area contributed by atoms with Crippen molar-refractivity contribution >= 4 is 5.91 Å². The monoisotopic (exact) mass is 245 g/mol. The fourth-order valence-corrected chi connectivity index (χ4v) is 2.19. The van der Waals surface area contributed by atoms with E-state index >= 15 is 0 Å². The number of primary amides is 1. The van der Waals surface area contributed by atoms with Crippen molar-refractivity contribution < 1.29 is 14.3 Å². The minimum absolute atomic E-state index is 0.113. The summed E-state index contributed by atoms with van der Waals surface area (Å²) in [4.78, 5) is 13.3. The third kappa shape index (κ3) is 3.92. The summed E-state index contributed by atoms with van der Waals surface area (Å²) in [6.07, 6.45) is 0.932. The van der Waals surface area contributed by atoms with Crippen LogP contribution in [0.3, 0.4) is 0 Å². The summed E-state index contributed by atoms with van der Waals surface area (Å²) in [6, 6.07) is -0.266. The molecule has 1 heterocycles. The van der Waals surface area contributed by atoms with Gasteiger partial charge in [-0.1, -0.05) is 0 Å². The van der Waals surface area contributed by atoms with Crippen molar-refractivity contribution in [3.05, 3.63) is 0 Å². The number of carbonyl (C=O) groups is 1. The second-order valence-corrected chi connectivity index (χ2v) is 4.34. The molecule has 1 rings (SSSR count). The Kier molecular flexibility index (Phi) is 5.84. The standard InChI is InChI=1S/C11H23N3O3/c1-13-8(11(12)15)4-5-14-6-9(16-2)10(7-14)17-3/h8-10,13H,4-7H2,1-3H3,(H2,12,15). The molecule has 1 fully saturated rings. The molecule has 0 aromatic heterocycles. The van der Waals surface area contributed by atoms with Gasteiger partial charge in [0.25, 0.3) is 0 Å². The molecular formula is C11H23N3O3. The topological polar surface area (TPSA) is 76.8 Å². The molecule has 0 spiro atoms. The molecule has 3 N–H and O–H groups in total. The Labute approximate surface area is 102 Å². The van der Waals surface area contributed by atoms with Gasteiger partial charge in [-0.2, -0.15) is 0 Å². The second-order valence-electron chi connectivity index (χ2n) is 4.34. The number of carbonyl (C=O) groups excluding carboxylic acids is 1. The largest absolute Gasteiger partial charge is 0.377 e. The van der Waals surface area contributed by atoms with E-state index in [1.807, 2.05) is 0 Å². The first-order chi connectivity index (χ1) is 8.12. The lowest BCUT2D eigenvalue weighted by Gasteiger charge is -2.18. The summed E-state index contributed by atoms with van der Waals surface area (Å²) in [5.74, 6) is -0.307. The normalized spacial score (nSPS) is 27.2. The first-order valence-electron chi connectivity index (χ1n) is 5.86. The third-order valence-corrected chi connectivity index (χ3v) is 3.32. The van der Waals surface area contributed by atoms with Crippen LogP contribution in [0.1, 0.15) is 6.42 Å². The van der Waals surface area contributed by atoms with Gasteiger partial charge in [0.2, 0.25) is 5.91 Å². The molecule has 6 nitrogen and oxygen atoms in total. The van der Waals surface area contributed by atoms with Crippen LogP contribution in [0, 0.1) is 0 Å². The number of likely N-dealkylation sites (tertiary alicyclic amines) is 1. The van der Waals surface area contributed by atoms with Gasteiger partial charge in [0.15, 0.2) is 0 Å². The molecule has 1 saturated heterocycles. The number of ether oxygens (including phenoxy) is 2. The second kappa shape index (κ2) is 6.90. The molecule has 3 atom stereocenters. The molecule has 0 bridgehead atoms. The van der Waals surface area contributed by atoms with Gasteiger partial charge in [-0.3, -0.25) is 9.69 Å². The highest BCUT2D eigenvalue weighted by molar-refractivity contribution is 5.79. The number of hydrogen-bond donors (Lipinski definition) is 2. The smallest absolute Gasteiger partial charge is 0.234 e. The van der Waals surface area contributed by atoms with E-state index in [9.17, 15) is 4.79 Å². The maximum atomic E-state index is 11.1. The van der Waals surface area contributed by atoms with Gasteiger partial charge in [-0.25, -0.2) is 0 Å². The van der Waals surface area contributed by atoms with Crippen LogP contribution >= 0.6 is 0 Å². The zero-order valence-electron chi connectivity index (χ0n) is 10.8. The fourth-order valence-electron chi connectivity index (χ4n) is 2.19. The van der Waals surface area contributed by atoms with Gasteiger partial charge < -0.3 is 20.5 Å². The van der Waals surface area contributed by atoms with Crippen molar-refractivity contribution in [2.24, 2.45) is 5.73 Å². The lowest BCUT2D eigenvalue weighted by Crippen LogP contribution is -2.41. The number of rotatable bonds is 7. The van der Waals surface area contributed by atoms with E-state index in [1.54, 1.807) is 21.3 Å². The van der Waals surface area contributed by atoms with E-state index in [2.05, 4.69) is 10.2 Å². The zero-order valence-corrected chi connectivity index (χ0v) is 10.8. The van der Waals surface area contributed by atoms with E-state index in [0.29, 0.717) is 6.42 Å². The van der Waals surface area contributed by atoms with Crippen molar-refractivity contribution in [2.75, 3.05) is 40.9 Å². The quantitative estimate of drug-likeness (QED) is 0.589. The highest BCUT2D eigenvalue weighted by atomic mass is 16.5. The summed E-state index contributed by atoms with van der Waals surface area (Å²) in [5, 5.41) is 2.91. The minimum atomic E-state index is -0.307. The molecule has 1 aliphatic rings. The fraction of sp³-hybridized carbons (Fsp3) is 0.909. The van der Waals surface area contributed by atoms with Crippen molar-refractivity contribution in [3.8, 4) is 0 Å². The number of likely N-dealkylation sites (N-methyl/N-ethyl adjacent to an activating group) is 1. The predicted molar refractivity (Wildman–Crippen MR) is 64.7 cm³/mol. The Morgan fingerprint density at radius 2 is 1.94 bits per heavy atom. The van der Waals surface area contributed by atoms with Crippen LogP contribution in [0.25, 0.3) is 0 Å². The SMILES string of the molecule is CNC(CCN1CC(OC)C(OC)C1)C(N)=O. The molecule has 6 heteroatoms. The molecule has 3 unspecified atom stereocenters. The number of nitrogens with one attached hydrogen (secondary N) is 1. The molecule has 1 aliphatic heterocycles. The zero-order chi connectivity index (χ0) is 12.8. The summed E-state index contributed by atoms with van der Waals surface area (Å²) in [7, 11) is 5.13. The molecule has 17 heavy (non-hydrogen) atoms. The van der Waals surface area contributed by atoms with E-state index in [0.717, 1.165) is 19.6 Å². The van der Waals surface area contributed by atoms with Gasteiger partial charge in [-0.15, -0.1) is 0 Å². The summed E-state index contributed by atoms with van der Waals surface area (Å²) in [6.45, 7) is 2.49. The summed E-state index contributed by atoms with van der Waals surface area (Å²) < 4.78 is 10.7. The molecule has 0 aliphatic carbocycles. The highest BCUT2D eigenvalue weighted by Crippen LogP contribution is 2.16. The molecule has 100 valence electrons. The Morgan fingerprint density at radius 3 is 2.29 bits per heavy atom. The molecular weight excluding hydrogens is 222 g/mol. The molecule has 1 amide bonds. The van der Waals surface area contributed by atoms with Gasteiger partial charge in [0.1, 0.15) is 0 Å². The Morgan fingerprint density at radius 1 is 1.41 bits per heavy atom. The average Bonchev–Trinajstić information content (AvgIpc) is 2.71. The van der Waals surface area contributed by atoms with Crippen LogP contribution < -0.4 is 11.1 Å². The van der Waals surface area contributed by atoms with Crippen LogP contribution in [0.15, 0.2) is 0 Å². The molecule has 0 aromatic carbocycles. The number of nitrogens with zero attached hydrogens (tertiary/aromatic N) is 1. The number of hydrogen-bond acceptors (Lipinski definition) is 5. The van der Waals surface area contributed by atoms with Crippen LogP contribution in [-0.2, 0) is 14.3 Å². The van der Waals surface area contributed by atoms with Crippen LogP contribution in [-0.4, -0.2) is 70.0 Å². The van der Waals surface area contributed by atoms with Gasteiger partial charge in [0, 0.05) is 33.9 Å². The maximum Gasteiger partial charge on any atom is 0.234 e. The van der Waals surface area contributed by atoms with E-state index < -0.39 is 0 Å². The van der Waals surface area contributed by atoms with Crippen molar-refractivity contribution in [1.82, 2.24) is 10.2 Å². The predicted octanol–water partition coefficient (Wildman–Crippen LogP) is -1.20. The summed E-state index contributed by atoms with van der Waals surface area (Å²) >= 11 is 0. The van der Waals surface area contributed by atoms with Crippen LogP contribution in [0.5, 0.6) is 0 Å². The first-order valence-corrected chi connectivity index (χ1v) is 5.86. The Hall–Kier alpha value is -0.690. The number of methoxy groups -OCH3 is 2. The molecule has 0 saturated carbocycles. The highest BCUT2D eigenvalue weighted by Gasteiger charge is 2.32. The van der Waals surface area contributed by atoms with Crippen molar-refractivity contribution in [2.45, 2.75) is 24.7 Å². The first kappa shape index (κ1) is 14.4. The van der Waals surface area contributed by atoms with Crippen LogP contribution in [0.2, 0.25) is 0 Å². The molecule has 0 aromatic rings. The Bertz CT molecular complexity index is 238. The average molecular weight is 245 g/mol. The number of nitrogens with two attached hydrogens (primary N) is 1. The summed E-state index contributed by atoms with van der Waals surface area (Å²) in [5.41, 5.74) is 5.27. The van der Waals surface area contributed by atoms with Crippen molar-refractivity contribution in [3.63, 3.8) is 0 Å². The lowest BCUT2D eigenvalue weighted by molar-refractivity contribution is -0.120. The maximum absolute atomic E-state index is 11.1. The van der Waals surface area contributed by atoms with Crippen molar-refractivity contribution in [1.29, 1.82) is 0 Å². The third-order valence-electron chi connectivity index (χ3n) is 3.32. The number of amides is 1. The molecule has 0 radical (unpaired) electrons.